The summed E-state index contributed by atoms with van der Waals surface area (Å²) >= 11 is 0. The molecule has 0 radical (unpaired) electrons. The summed E-state index contributed by atoms with van der Waals surface area (Å²) in [5.41, 5.74) is 3.14. The molecule has 3 amide bonds. The Morgan fingerprint density at radius 3 is 2.19 bits per heavy atom. The molecule has 0 aromatic heterocycles. The zero-order valence-corrected chi connectivity index (χ0v) is 17.5. The van der Waals surface area contributed by atoms with Crippen molar-refractivity contribution in [3.63, 3.8) is 0 Å². The van der Waals surface area contributed by atoms with Gasteiger partial charge in [0.1, 0.15) is 5.75 Å². The molecule has 2 heterocycles. The van der Waals surface area contributed by atoms with Gasteiger partial charge >= 0.3 is 6.03 Å². The number of piperazine rings is 1. The van der Waals surface area contributed by atoms with Crippen molar-refractivity contribution < 1.29 is 14.7 Å². The fourth-order valence-electron chi connectivity index (χ4n) is 3.97. The highest BCUT2D eigenvalue weighted by molar-refractivity contribution is 5.89. The number of amides is 3. The van der Waals surface area contributed by atoms with Crippen LogP contribution >= 0.6 is 0 Å². The molecule has 2 aromatic carbocycles. The van der Waals surface area contributed by atoms with E-state index in [-0.39, 0.29) is 17.7 Å². The van der Waals surface area contributed by atoms with Crippen LogP contribution in [0.15, 0.2) is 60.7 Å². The molecule has 2 aliphatic heterocycles. The average Bonchev–Trinajstić information content (AvgIpc) is 2.81. The lowest BCUT2D eigenvalue weighted by Crippen LogP contribution is -2.53. The monoisotopic (exact) mass is 420 g/mol. The fourth-order valence-corrected chi connectivity index (χ4v) is 3.97. The first-order valence-electron chi connectivity index (χ1n) is 10.7. The van der Waals surface area contributed by atoms with Gasteiger partial charge in [0.05, 0.1) is 6.54 Å². The number of rotatable bonds is 4. The van der Waals surface area contributed by atoms with E-state index in [0.717, 1.165) is 30.8 Å². The molecule has 1 saturated heterocycles. The van der Waals surface area contributed by atoms with E-state index in [4.69, 9.17) is 0 Å². The predicted octanol–water partition coefficient (Wildman–Crippen LogP) is 2.86. The van der Waals surface area contributed by atoms with Gasteiger partial charge in [-0.3, -0.25) is 9.69 Å². The van der Waals surface area contributed by atoms with E-state index >= 15 is 0 Å². The molecular weight excluding hydrogens is 392 g/mol. The normalized spacial score (nSPS) is 17.2. The Labute approximate surface area is 182 Å². The third kappa shape index (κ3) is 5.44. The van der Waals surface area contributed by atoms with E-state index < -0.39 is 0 Å². The van der Waals surface area contributed by atoms with Crippen LogP contribution in [0.5, 0.6) is 5.75 Å². The Bertz CT molecular complexity index is 935. The van der Waals surface area contributed by atoms with Crippen molar-refractivity contribution in [2.24, 2.45) is 0 Å². The number of phenolic OH excluding ortho intramolecular Hbond substituents is 1. The number of hydrogen-bond donors (Lipinski definition) is 2. The van der Waals surface area contributed by atoms with Crippen molar-refractivity contribution in [1.82, 2.24) is 14.7 Å². The molecule has 31 heavy (non-hydrogen) atoms. The predicted molar refractivity (Wildman–Crippen MR) is 121 cm³/mol. The van der Waals surface area contributed by atoms with Crippen LogP contribution in [-0.2, 0) is 4.79 Å². The van der Waals surface area contributed by atoms with Crippen molar-refractivity contribution in [3.05, 3.63) is 66.2 Å². The molecule has 0 atom stereocenters. The summed E-state index contributed by atoms with van der Waals surface area (Å²) < 4.78 is 0. The number of hydrogen-bond acceptors (Lipinski definition) is 4. The summed E-state index contributed by atoms with van der Waals surface area (Å²) in [5.74, 6) is 0.384. The highest BCUT2D eigenvalue weighted by atomic mass is 16.3. The van der Waals surface area contributed by atoms with Crippen molar-refractivity contribution >= 4 is 23.2 Å². The number of benzene rings is 2. The van der Waals surface area contributed by atoms with Crippen molar-refractivity contribution in [1.29, 1.82) is 0 Å². The number of carbonyl (C=O) groups is 2. The van der Waals surface area contributed by atoms with Crippen LogP contribution in [0, 0.1) is 0 Å². The van der Waals surface area contributed by atoms with E-state index in [1.165, 1.54) is 5.57 Å². The lowest BCUT2D eigenvalue weighted by Gasteiger charge is -2.36. The molecule has 7 nitrogen and oxygen atoms in total. The molecule has 0 spiro atoms. The number of urea groups is 1. The van der Waals surface area contributed by atoms with Gasteiger partial charge in [-0.1, -0.05) is 36.4 Å². The second kappa shape index (κ2) is 9.66. The van der Waals surface area contributed by atoms with Gasteiger partial charge in [-0.25, -0.2) is 4.79 Å². The lowest BCUT2D eigenvalue weighted by molar-refractivity contribution is -0.133. The second-order valence-electron chi connectivity index (χ2n) is 7.93. The SMILES string of the molecule is O=C(CN1CC=C(c2ccc(O)cc2)CC1)N1CCN(C(=O)Nc2ccccc2)CC1. The molecule has 0 saturated carbocycles. The van der Waals surface area contributed by atoms with Crippen molar-refractivity contribution in [3.8, 4) is 5.75 Å². The highest BCUT2D eigenvalue weighted by Gasteiger charge is 2.25. The first-order valence-corrected chi connectivity index (χ1v) is 10.7. The standard InChI is InChI=1S/C24H28N4O3/c29-22-8-6-19(7-9-22)20-10-12-26(13-11-20)18-23(30)27-14-16-28(17-15-27)24(31)25-21-4-2-1-3-5-21/h1-10,29H,11-18H2,(H,25,31). The number of carbonyl (C=O) groups excluding carboxylic acids is 2. The Balaban J connectivity index is 1.22. The molecule has 1 fully saturated rings. The number of nitrogens with zero attached hydrogens (tertiary/aromatic N) is 3. The zero-order chi connectivity index (χ0) is 21.6. The summed E-state index contributed by atoms with van der Waals surface area (Å²) in [4.78, 5) is 30.9. The van der Waals surface area contributed by atoms with Gasteiger partial charge in [0.25, 0.3) is 0 Å². The largest absolute Gasteiger partial charge is 0.508 e. The molecule has 7 heteroatoms. The molecule has 2 N–H and O–H groups in total. The Morgan fingerprint density at radius 2 is 1.55 bits per heavy atom. The fraction of sp³-hybridized carbons (Fsp3) is 0.333. The van der Waals surface area contributed by atoms with E-state index in [2.05, 4.69) is 16.3 Å². The first-order chi connectivity index (χ1) is 15.1. The van der Waals surface area contributed by atoms with Gasteiger partial charge in [0.2, 0.25) is 5.91 Å². The second-order valence-corrected chi connectivity index (χ2v) is 7.93. The van der Waals surface area contributed by atoms with Gasteiger partial charge in [0, 0.05) is 45.0 Å². The highest BCUT2D eigenvalue weighted by Crippen LogP contribution is 2.24. The first kappa shape index (κ1) is 20.9. The van der Waals surface area contributed by atoms with Gasteiger partial charge in [-0.2, -0.15) is 0 Å². The van der Waals surface area contributed by atoms with Crippen LogP contribution in [0.25, 0.3) is 5.57 Å². The van der Waals surface area contributed by atoms with Gasteiger partial charge < -0.3 is 20.2 Å². The Morgan fingerprint density at radius 1 is 0.871 bits per heavy atom. The molecule has 0 bridgehead atoms. The van der Waals surface area contributed by atoms with Crippen LogP contribution in [0.1, 0.15) is 12.0 Å². The topological polar surface area (TPSA) is 76.1 Å². The summed E-state index contributed by atoms with van der Waals surface area (Å²) in [6.07, 6.45) is 3.04. The van der Waals surface area contributed by atoms with E-state index in [1.54, 1.807) is 17.0 Å². The number of anilines is 1. The lowest BCUT2D eigenvalue weighted by atomic mass is 9.99. The quantitative estimate of drug-likeness (QED) is 0.798. The maximum Gasteiger partial charge on any atom is 0.321 e. The van der Waals surface area contributed by atoms with Crippen LogP contribution < -0.4 is 5.32 Å². The minimum Gasteiger partial charge on any atom is -0.508 e. The molecular formula is C24H28N4O3. The van der Waals surface area contributed by atoms with Crippen LogP contribution in [0.4, 0.5) is 10.5 Å². The number of aromatic hydroxyl groups is 1. The van der Waals surface area contributed by atoms with E-state index in [0.29, 0.717) is 32.7 Å². The Hall–Kier alpha value is -3.32. The van der Waals surface area contributed by atoms with Crippen LogP contribution in [-0.4, -0.2) is 77.6 Å². The van der Waals surface area contributed by atoms with Crippen molar-refractivity contribution in [2.75, 3.05) is 51.1 Å². The van der Waals surface area contributed by atoms with Gasteiger partial charge in [0.15, 0.2) is 0 Å². The van der Waals surface area contributed by atoms with Crippen LogP contribution in [0.3, 0.4) is 0 Å². The molecule has 2 aromatic rings. The molecule has 2 aliphatic rings. The minimum atomic E-state index is -0.124. The number of nitrogens with one attached hydrogen (secondary N) is 1. The number of phenols is 1. The van der Waals surface area contributed by atoms with E-state index in [1.807, 2.05) is 47.4 Å². The maximum atomic E-state index is 12.7. The third-order valence-electron chi connectivity index (χ3n) is 5.83. The molecule has 162 valence electrons. The summed E-state index contributed by atoms with van der Waals surface area (Å²) in [5, 5.41) is 12.3. The molecule has 4 rings (SSSR count). The molecule has 0 unspecified atom stereocenters. The molecule has 0 aliphatic carbocycles. The Kier molecular flexibility index (Phi) is 6.52. The smallest absolute Gasteiger partial charge is 0.321 e. The minimum absolute atomic E-state index is 0.115. The van der Waals surface area contributed by atoms with Gasteiger partial charge in [-0.15, -0.1) is 0 Å². The van der Waals surface area contributed by atoms with Crippen LogP contribution in [0.2, 0.25) is 0 Å². The average molecular weight is 421 g/mol. The number of para-hydroxylation sites is 1. The third-order valence-corrected chi connectivity index (χ3v) is 5.83. The van der Waals surface area contributed by atoms with Crippen molar-refractivity contribution in [2.45, 2.75) is 6.42 Å². The summed E-state index contributed by atoms with van der Waals surface area (Å²) in [6.45, 7) is 4.16. The van der Waals surface area contributed by atoms with Gasteiger partial charge in [-0.05, 0) is 41.8 Å². The maximum absolute atomic E-state index is 12.7. The van der Waals surface area contributed by atoms with E-state index in [9.17, 15) is 14.7 Å². The summed E-state index contributed by atoms with van der Waals surface area (Å²) in [7, 11) is 0. The summed E-state index contributed by atoms with van der Waals surface area (Å²) in [6, 6.07) is 16.5. The zero-order valence-electron chi connectivity index (χ0n) is 17.5.